The molecule has 3 N–H and O–H groups in total. The number of aliphatic carboxylic acids is 1. The van der Waals surface area contributed by atoms with Crippen LogP contribution in [0.3, 0.4) is 0 Å². The highest BCUT2D eigenvalue weighted by Crippen LogP contribution is 2.21. The van der Waals surface area contributed by atoms with Crippen molar-refractivity contribution in [2.45, 2.75) is 38.0 Å². The van der Waals surface area contributed by atoms with Crippen LogP contribution in [-0.4, -0.2) is 34.6 Å². The summed E-state index contributed by atoms with van der Waals surface area (Å²) in [6.45, 7) is 4.10. The van der Waals surface area contributed by atoms with Crippen LogP contribution >= 0.6 is 11.9 Å². The van der Waals surface area contributed by atoms with Crippen LogP contribution < -0.4 is 4.72 Å². The number of nitrogens with one attached hydrogen (secondary N) is 1. The standard InChI is InChI=1S/C9H19NO3S/c1-6(2)4-8(14-10-3)7(11)5-9(12)13/h6-8,10-11H,4-5H2,1-3H3,(H,12,13). The maximum Gasteiger partial charge on any atom is 0.306 e. The van der Waals surface area contributed by atoms with Gasteiger partial charge in [-0.2, -0.15) is 0 Å². The molecule has 0 aliphatic heterocycles. The van der Waals surface area contributed by atoms with E-state index in [-0.39, 0.29) is 11.7 Å². The highest BCUT2D eigenvalue weighted by Gasteiger charge is 2.22. The lowest BCUT2D eigenvalue weighted by molar-refractivity contribution is -0.139. The first-order chi connectivity index (χ1) is 6.47. The van der Waals surface area contributed by atoms with E-state index >= 15 is 0 Å². The lowest BCUT2D eigenvalue weighted by Crippen LogP contribution is -2.29. The number of hydrogen-bond donors (Lipinski definition) is 3. The van der Waals surface area contributed by atoms with E-state index < -0.39 is 12.1 Å². The van der Waals surface area contributed by atoms with Crippen molar-refractivity contribution < 1.29 is 15.0 Å². The summed E-state index contributed by atoms with van der Waals surface area (Å²) in [4.78, 5) is 10.4. The van der Waals surface area contributed by atoms with Crippen LogP contribution in [0.15, 0.2) is 0 Å². The predicted molar refractivity (Wildman–Crippen MR) is 58.2 cm³/mol. The van der Waals surface area contributed by atoms with Gasteiger partial charge in [0.2, 0.25) is 0 Å². The molecule has 0 aliphatic rings. The molecule has 0 spiro atoms. The molecule has 0 aliphatic carbocycles. The van der Waals surface area contributed by atoms with Crippen molar-refractivity contribution in [3.8, 4) is 0 Å². The first-order valence-corrected chi connectivity index (χ1v) is 5.57. The molecule has 4 nitrogen and oxygen atoms in total. The summed E-state index contributed by atoms with van der Waals surface area (Å²) in [5.41, 5.74) is 0. The minimum Gasteiger partial charge on any atom is -0.481 e. The number of hydrogen-bond acceptors (Lipinski definition) is 4. The SMILES string of the molecule is CNSC(CC(C)C)C(O)CC(=O)O. The largest absolute Gasteiger partial charge is 0.481 e. The van der Waals surface area contributed by atoms with Crippen LogP contribution in [0.25, 0.3) is 0 Å². The zero-order valence-electron chi connectivity index (χ0n) is 8.86. The van der Waals surface area contributed by atoms with Crippen LogP contribution in [-0.2, 0) is 4.79 Å². The lowest BCUT2D eigenvalue weighted by atomic mass is 10.0. The van der Waals surface area contributed by atoms with Crippen LogP contribution in [0.5, 0.6) is 0 Å². The molecule has 0 heterocycles. The molecule has 0 rings (SSSR count). The van der Waals surface area contributed by atoms with E-state index in [4.69, 9.17) is 5.11 Å². The zero-order valence-corrected chi connectivity index (χ0v) is 9.67. The number of rotatable bonds is 7. The molecular weight excluding hydrogens is 202 g/mol. The van der Waals surface area contributed by atoms with Gasteiger partial charge in [0.05, 0.1) is 12.5 Å². The number of carbonyl (C=O) groups is 1. The number of aliphatic hydroxyl groups excluding tert-OH is 1. The Morgan fingerprint density at radius 1 is 1.50 bits per heavy atom. The van der Waals surface area contributed by atoms with E-state index in [1.54, 1.807) is 7.05 Å². The zero-order chi connectivity index (χ0) is 11.1. The maximum atomic E-state index is 10.4. The third-order valence-electron chi connectivity index (χ3n) is 1.79. The van der Waals surface area contributed by atoms with Gasteiger partial charge in [0.1, 0.15) is 0 Å². The van der Waals surface area contributed by atoms with Crippen molar-refractivity contribution in [1.29, 1.82) is 0 Å². The molecule has 5 heteroatoms. The van der Waals surface area contributed by atoms with Crippen LogP contribution in [0.2, 0.25) is 0 Å². The highest BCUT2D eigenvalue weighted by molar-refractivity contribution is 7.98. The quantitative estimate of drug-likeness (QED) is 0.562. The average molecular weight is 221 g/mol. The van der Waals surface area contributed by atoms with Gasteiger partial charge in [0.15, 0.2) is 0 Å². The number of aliphatic hydroxyl groups is 1. The Morgan fingerprint density at radius 2 is 2.07 bits per heavy atom. The van der Waals surface area contributed by atoms with Crippen molar-refractivity contribution in [1.82, 2.24) is 4.72 Å². The number of carboxylic acids is 1. The summed E-state index contributed by atoms with van der Waals surface area (Å²) < 4.78 is 2.89. The van der Waals surface area contributed by atoms with Gasteiger partial charge in [-0.25, -0.2) is 0 Å². The average Bonchev–Trinajstić information content (AvgIpc) is 2.01. The Kier molecular flexibility index (Phi) is 6.96. The summed E-state index contributed by atoms with van der Waals surface area (Å²) in [5.74, 6) is -0.507. The molecule has 0 saturated carbocycles. The smallest absolute Gasteiger partial charge is 0.306 e. The Balaban J connectivity index is 4.09. The summed E-state index contributed by atoms with van der Waals surface area (Å²) in [7, 11) is 1.77. The maximum absolute atomic E-state index is 10.4. The van der Waals surface area contributed by atoms with E-state index in [1.807, 2.05) is 0 Å². The van der Waals surface area contributed by atoms with Crippen LogP contribution in [0, 0.1) is 5.92 Å². The van der Waals surface area contributed by atoms with Gasteiger partial charge in [-0.1, -0.05) is 25.8 Å². The first-order valence-electron chi connectivity index (χ1n) is 4.69. The second kappa shape index (κ2) is 7.09. The fraction of sp³-hybridized carbons (Fsp3) is 0.889. The van der Waals surface area contributed by atoms with E-state index in [2.05, 4.69) is 18.6 Å². The minimum atomic E-state index is -0.956. The van der Waals surface area contributed by atoms with Gasteiger partial charge in [0.25, 0.3) is 0 Å². The third kappa shape index (κ3) is 6.23. The minimum absolute atomic E-state index is 0.0592. The summed E-state index contributed by atoms with van der Waals surface area (Å²) in [5, 5.41) is 18.1. The third-order valence-corrected chi connectivity index (χ3v) is 2.83. The monoisotopic (exact) mass is 221 g/mol. The van der Waals surface area contributed by atoms with Gasteiger partial charge in [-0.15, -0.1) is 0 Å². The fourth-order valence-electron chi connectivity index (χ4n) is 1.21. The molecule has 0 fully saturated rings. The molecule has 0 aromatic heterocycles. The Morgan fingerprint density at radius 3 is 2.43 bits per heavy atom. The first kappa shape index (κ1) is 13.7. The molecule has 0 aromatic carbocycles. The second-order valence-electron chi connectivity index (χ2n) is 3.66. The van der Waals surface area contributed by atoms with Gasteiger partial charge in [-0.05, 0) is 19.4 Å². The van der Waals surface area contributed by atoms with Crippen LogP contribution in [0.4, 0.5) is 0 Å². The van der Waals surface area contributed by atoms with Crippen molar-refractivity contribution >= 4 is 17.9 Å². The van der Waals surface area contributed by atoms with Gasteiger partial charge < -0.3 is 10.2 Å². The van der Waals surface area contributed by atoms with E-state index in [1.165, 1.54) is 11.9 Å². The van der Waals surface area contributed by atoms with Crippen molar-refractivity contribution in [2.75, 3.05) is 7.05 Å². The highest BCUT2D eigenvalue weighted by atomic mass is 32.2. The van der Waals surface area contributed by atoms with Crippen molar-refractivity contribution in [3.05, 3.63) is 0 Å². The lowest BCUT2D eigenvalue weighted by Gasteiger charge is -2.22. The second-order valence-corrected chi connectivity index (χ2v) is 4.90. The Bertz CT molecular complexity index is 175. The van der Waals surface area contributed by atoms with E-state index in [9.17, 15) is 9.90 Å². The van der Waals surface area contributed by atoms with Gasteiger partial charge in [0, 0.05) is 5.25 Å². The number of carboxylic acid groups (broad SMARTS) is 1. The van der Waals surface area contributed by atoms with E-state index in [0.717, 1.165) is 6.42 Å². The van der Waals surface area contributed by atoms with Crippen LogP contribution in [0.1, 0.15) is 26.7 Å². The Hall–Kier alpha value is -0.260. The molecule has 0 saturated heterocycles. The fourth-order valence-corrected chi connectivity index (χ4v) is 2.25. The van der Waals surface area contributed by atoms with Gasteiger partial charge >= 0.3 is 5.97 Å². The summed E-state index contributed by atoms with van der Waals surface area (Å²) in [6, 6.07) is 0. The molecule has 14 heavy (non-hydrogen) atoms. The topological polar surface area (TPSA) is 69.6 Å². The molecule has 0 amide bonds. The Labute approximate surface area is 89.2 Å². The molecule has 84 valence electrons. The molecule has 2 atom stereocenters. The van der Waals surface area contributed by atoms with E-state index in [0.29, 0.717) is 5.92 Å². The molecule has 2 unspecified atom stereocenters. The van der Waals surface area contributed by atoms with Gasteiger partial charge in [-0.3, -0.25) is 9.52 Å². The molecular formula is C9H19NO3S. The molecule has 0 radical (unpaired) electrons. The molecule has 0 aromatic rings. The summed E-state index contributed by atoms with van der Waals surface area (Å²) >= 11 is 1.39. The van der Waals surface area contributed by atoms with Crippen molar-refractivity contribution in [3.63, 3.8) is 0 Å². The molecule has 0 bridgehead atoms. The summed E-state index contributed by atoms with van der Waals surface area (Å²) in [6.07, 6.45) is -0.168. The normalized spacial score (nSPS) is 15.5. The predicted octanol–water partition coefficient (Wildman–Crippen LogP) is 1.10. The van der Waals surface area contributed by atoms with Crippen molar-refractivity contribution in [2.24, 2.45) is 5.92 Å².